The highest BCUT2D eigenvalue weighted by Crippen LogP contribution is 2.27. The third kappa shape index (κ3) is 3.29. The molecule has 0 aliphatic heterocycles. The number of nitrogens with two attached hydrogens (primary N) is 1. The molecule has 0 radical (unpaired) electrons. The molecule has 1 aromatic carbocycles. The summed E-state index contributed by atoms with van der Waals surface area (Å²) in [5.41, 5.74) is 6.95. The zero-order valence-electron chi connectivity index (χ0n) is 11.4. The van der Waals surface area contributed by atoms with E-state index in [1.807, 2.05) is 20.2 Å². The number of hydrogen-bond donors (Lipinski definition) is 1. The minimum Gasteiger partial charge on any atom is -0.484 e. The van der Waals surface area contributed by atoms with Gasteiger partial charge in [0.15, 0.2) is 0 Å². The van der Waals surface area contributed by atoms with Crippen molar-refractivity contribution in [2.24, 2.45) is 12.8 Å². The molecule has 20 heavy (non-hydrogen) atoms. The predicted octanol–water partition coefficient (Wildman–Crippen LogP) is 3.07. The number of ether oxygens (including phenoxy) is 1. The van der Waals surface area contributed by atoms with Crippen molar-refractivity contribution in [3.8, 4) is 5.75 Å². The van der Waals surface area contributed by atoms with Gasteiger partial charge in [0.2, 0.25) is 0 Å². The third-order valence-corrected chi connectivity index (χ3v) is 3.37. The summed E-state index contributed by atoms with van der Waals surface area (Å²) in [6, 6.07) is 4.13. The van der Waals surface area contributed by atoms with Gasteiger partial charge in [-0.05, 0) is 18.6 Å². The van der Waals surface area contributed by atoms with Crippen molar-refractivity contribution in [1.82, 2.24) is 9.78 Å². The van der Waals surface area contributed by atoms with Crippen LogP contribution in [0, 0.1) is 5.82 Å². The summed E-state index contributed by atoms with van der Waals surface area (Å²) in [7, 11) is 1.82. The van der Waals surface area contributed by atoms with E-state index in [-0.39, 0.29) is 17.2 Å². The van der Waals surface area contributed by atoms with Gasteiger partial charge in [0.25, 0.3) is 0 Å². The van der Waals surface area contributed by atoms with Crippen molar-refractivity contribution >= 4 is 11.6 Å². The molecule has 2 N–H and O–H groups in total. The van der Waals surface area contributed by atoms with Crippen LogP contribution in [0.15, 0.2) is 30.6 Å². The Balaban J connectivity index is 2.25. The first-order valence-corrected chi connectivity index (χ1v) is 6.75. The topological polar surface area (TPSA) is 53.1 Å². The first kappa shape index (κ1) is 14.8. The van der Waals surface area contributed by atoms with Gasteiger partial charge in [-0.1, -0.05) is 18.5 Å². The molecule has 108 valence electrons. The van der Waals surface area contributed by atoms with Crippen LogP contribution in [0.3, 0.4) is 0 Å². The summed E-state index contributed by atoms with van der Waals surface area (Å²) in [5.74, 6) is -0.121. The van der Waals surface area contributed by atoms with Crippen LogP contribution >= 0.6 is 11.6 Å². The summed E-state index contributed by atoms with van der Waals surface area (Å²) in [6.45, 7) is 1.97. The number of halogens is 2. The van der Waals surface area contributed by atoms with E-state index >= 15 is 0 Å². The van der Waals surface area contributed by atoms with Crippen LogP contribution in [0.5, 0.6) is 5.75 Å². The monoisotopic (exact) mass is 297 g/mol. The van der Waals surface area contributed by atoms with E-state index in [4.69, 9.17) is 22.1 Å². The lowest BCUT2D eigenvalue weighted by Gasteiger charge is -2.23. The molecular weight excluding hydrogens is 281 g/mol. The van der Waals surface area contributed by atoms with Gasteiger partial charge in [-0.3, -0.25) is 4.68 Å². The van der Waals surface area contributed by atoms with Crippen molar-refractivity contribution in [2.45, 2.75) is 25.5 Å². The maximum atomic E-state index is 13.5. The Labute approximate surface area is 122 Å². The lowest BCUT2D eigenvalue weighted by molar-refractivity contribution is 0.170. The molecular formula is C14H17ClFN3O. The Morgan fingerprint density at radius 1 is 1.50 bits per heavy atom. The molecule has 1 heterocycles. The fourth-order valence-corrected chi connectivity index (χ4v) is 2.02. The highest BCUT2D eigenvalue weighted by Gasteiger charge is 2.22. The molecule has 1 aromatic heterocycles. The van der Waals surface area contributed by atoms with Crippen LogP contribution in [0.2, 0.25) is 5.02 Å². The van der Waals surface area contributed by atoms with E-state index in [1.54, 1.807) is 16.9 Å². The molecule has 2 atom stereocenters. The number of rotatable bonds is 5. The molecule has 0 spiro atoms. The second kappa shape index (κ2) is 6.24. The van der Waals surface area contributed by atoms with E-state index < -0.39 is 5.82 Å². The van der Waals surface area contributed by atoms with Gasteiger partial charge in [-0.15, -0.1) is 0 Å². The lowest BCUT2D eigenvalue weighted by atomic mass is 10.0. The van der Waals surface area contributed by atoms with E-state index in [1.165, 1.54) is 12.1 Å². The van der Waals surface area contributed by atoms with Crippen LogP contribution in [0.4, 0.5) is 4.39 Å². The highest BCUT2D eigenvalue weighted by atomic mass is 35.5. The Kier molecular flexibility index (Phi) is 4.62. The summed E-state index contributed by atoms with van der Waals surface area (Å²) in [4.78, 5) is 0. The molecule has 0 amide bonds. The summed E-state index contributed by atoms with van der Waals surface area (Å²) in [5, 5.41) is 4.18. The van der Waals surface area contributed by atoms with Crippen molar-refractivity contribution in [1.29, 1.82) is 0 Å². The normalized spacial score (nSPS) is 14.1. The first-order valence-electron chi connectivity index (χ1n) is 6.37. The molecule has 0 aliphatic rings. The van der Waals surface area contributed by atoms with Gasteiger partial charge in [-0.2, -0.15) is 5.10 Å². The largest absolute Gasteiger partial charge is 0.484 e. The van der Waals surface area contributed by atoms with Gasteiger partial charge < -0.3 is 10.5 Å². The molecule has 6 heteroatoms. The molecule has 0 saturated heterocycles. The first-order chi connectivity index (χ1) is 9.51. The smallest absolute Gasteiger partial charge is 0.145 e. The molecule has 0 fully saturated rings. The van der Waals surface area contributed by atoms with Crippen molar-refractivity contribution in [3.05, 3.63) is 47.0 Å². The fourth-order valence-electron chi connectivity index (χ4n) is 1.90. The second-order valence-corrected chi connectivity index (χ2v) is 5.04. The van der Waals surface area contributed by atoms with Crippen molar-refractivity contribution < 1.29 is 9.13 Å². The van der Waals surface area contributed by atoms with E-state index in [2.05, 4.69) is 5.10 Å². The lowest BCUT2D eigenvalue weighted by Crippen LogP contribution is -2.31. The van der Waals surface area contributed by atoms with Crippen LogP contribution in [-0.2, 0) is 7.05 Å². The number of aromatic nitrogens is 2. The third-order valence-electron chi connectivity index (χ3n) is 3.07. The molecule has 0 bridgehead atoms. The van der Waals surface area contributed by atoms with Gasteiger partial charge in [0, 0.05) is 30.9 Å². The number of nitrogens with zero attached hydrogens (tertiary/aromatic N) is 2. The van der Waals surface area contributed by atoms with Crippen molar-refractivity contribution in [2.75, 3.05) is 0 Å². The Morgan fingerprint density at radius 2 is 2.25 bits per heavy atom. The van der Waals surface area contributed by atoms with Crippen LogP contribution < -0.4 is 10.5 Å². The standard InChI is InChI=1S/C14H17ClFN3O/c1-3-13(17)14(9-7-18-19(2)8-9)20-10-4-5-11(15)12(16)6-10/h4-8,13-14H,3,17H2,1-2H3. The highest BCUT2D eigenvalue weighted by molar-refractivity contribution is 6.30. The molecule has 0 aliphatic carbocycles. The summed E-state index contributed by atoms with van der Waals surface area (Å²) < 4.78 is 21.0. The Morgan fingerprint density at radius 3 is 2.80 bits per heavy atom. The second-order valence-electron chi connectivity index (χ2n) is 4.63. The van der Waals surface area contributed by atoms with Gasteiger partial charge >= 0.3 is 0 Å². The quantitative estimate of drug-likeness (QED) is 0.923. The zero-order valence-corrected chi connectivity index (χ0v) is 12.1. The molecule has 2 rings (SSSR count). The molecule has 2 aromatic rings. The minimum atomic E-state index is -0.515. The minimum absolute atomic E-state index is 0.0649. The van der Waals surface area contributed by atoms with Crippen LogP contribution in [0.1, 0.15) is 25.0 Å². The SMILES string of the molecule is CCC(N)C(Oc1ccc(Cl)c(F)c1)c1cnn(C)c1. The Hall–Kier alpha value is -1.59. The van der Waals surface area contributed by atoms with E-state index in [0.29, 0.717) is 5.75 Å². The number of hydrogen-bond acceptors (Lipinski definition) is 3. The van der Waals surface area contributed by atoms with Crippen molar-refractivity contribution in [3.63, 3.8) is 0 Å². The predicted molar refractivity (Wildman–Crippen MR) is 76.3 cm³/mol. The van der Waals surface area contributed by atoms with Crippen LogP contribution in [0.25, 0.3) is 0 Å². The molecule has 0 saturated carbocycles. The van der Waals surface area contributed by atoms with E-state index in [9.17, 15) is 4.39 Å². The maximum Gasteiger partial charge on any atom is 0.145 e. The van der Waals surface area contributed by atoms with Gasteiger partial charge in [0.1, 0.15) is 17.7 Å². The fraction of sp³-hybridized carbons (Fsp3) is 0.357. The number of aryl methyl sites for hydroxylation is 1. The zero-order chi connectivity index (χ0) is 14.7. The maximum absolute atomic E-state index is 13.5. The summed E-state index contributed by atoms with van der Waals surface area (Å²) >= 11 is 5.66. The van der Waals surface area contributed by atoms with E-state index in [0.717, 1.165) is 12.0 Å². The average Bonchev–Trinajstić information content (AvgIpc) is 2.85. The summed E-state index contributed by atoms with van der Waals surface area (Å²) in [6.07, 6.45) is 3.89. The van der Waals surface area contributed by atoms with Gasteiger partial charge in [-0.25, -0.2) is 4.39 Å². The van der Waals surface area contributed by atoms with Crippen LogP contribution in [-0.4, -0.2) is 15.8 Å². The average molecular weight is 298 g/mol. The number of benzene rings is 1. The van der Waals surface area contributed by atoms with Gasteiger partial charge in [0.05, 0.1) is 11.2 Å². The molecule has 2 unspecified atom stereocenters. The molecule has 4 nitrogen and oxygen atoms in total. The Bertz CT molecular complexity index is 588.